The van der Waals surface area contributed by atoms with Gasteiger partial charge in [0.25, 0.3) is 0 Å². The van der Waals surface area contributed by atoms with Gasteiger partial charge in [0, 0.05) is 33.0 Å². The van der Waals surface area contributed by atoms with E-state index < -0.39 is 23.0 Å². The van der Waals surface area contributed by atoms with Crippen LogP contribution in [0.1, 0.15) is 11.1 Å². The Balaban J connectivity index is 1.51. The molecule has 0 amide bonds. The third kappa shape index (κ3) is 4.06. The smallest absolute Gasteiger partial charge is 0.204 e. The molecule has 0 saturated heterocycles. The summed E-state index contributed by atoms with van der Waals surface area (Å²) in [6, 6.07) is 35.6. The molecule has 0 aliphatic rings. The molecule has 8 rings (SSSR count). The molecule has 6 nitrogen and oxygen atoms in total. The second-order valence-electron chi connectivity index (χ2n) is 12.3. The highest BCUT2D eigenvalue weighted by atomic mass is 16.3. The van der Waals surface area contributed by atoms with Crippen molar-refractivity contribution in [2.24, 2.45) is 0 Å². The Kier molecular flexibility index (Phi) is 6.39. The number of rotatable bonds is 3. The van der Waals surface area contributed by atoms with Gasteiger partial charge in [-0.05, 0) is 80.6 Å². The first-order valence-corrected chi connectivity index (χ1v) is 15.5. The number of hydrogen-bond acceptors (Lipinski definition) is 6. The molecule has 48 heavy (non-hydrogen) atoms. The number of fused-ring (bicyclic) bond motifs is 5. The number of hydrogen-bond donors (Lipinski definition) is 6. The average molecular weight is 631 g/mol. The van der Waals surface area contributed by atoms with E-state index in [9.17, 15) is 30.6 Å². The molecule has 0 saturated carbocycles. The first-order valence-electron chi connectivity index (χ1n) is 15.5. The Hall–Kier alpha value is -6.40. The summed E-state index contributed by atoms with van der Waals surface area (Å²) in [6.45, 7) is 3.35. The van der Waals surface area contributed by atoms with Gasteiger partial charge in [-0.25, -0.2) is 0 Å². The minimum Gasteiger partial charge on any atom is -0.504 e. The van der Waals surface area contributed by atoms with Crippen molar-refractivity contribution in [2.75, 3.05) is 0 Å². The van der Waals surface area contributed by atoms with Gasteiger partial charge in [0.2, 0.25) is 11.5 Å². The Labute approximate surface area is 275 Å². The highest BCUT2D eigenvalue weighted by Gasteiger charge is 2.30. The van der Waals surface area contributed by atoms with Gasteiger partial charge in [0.1, 0.15) is 0 Å². The molecule has 6 N–H and O–H groups in total. The van der Waals surface area contributed by atoms with Crippen LogP contribution in [0.4, 0.5) is 0 Å². The van der Waals surface area contributed by atoms with Crippen LogP contribution in [0.25, 0.3) is 76.5 Å². The molecule has 0 unspecified atom stereocenters. The lowest BCUT2D eigenvalue weighted by Gasteiger charge is -2.24. The zero-order chi connectivity index (χ0) is 33.4. The molecule has 8 aromatic rings. The van der Waals surface area contributed by atoms with Crippen LogP contribution in [-0.4, -0.2) is 30.6 Å². The van der Waals surface area contributed by atoms with Crippen LogP contribution >= 0.6 is 0 Å². The van der Waals surface area contributed by atoms with E-state index in [1.165, 1.54) is 5.39 Å². The molecule has 0 atom stereocenters. The first-order chi connectivity index (χ1) is 23.2. The van der Waals surface area contributed by atoms with E-state index in [1.807, 2.05) is 66.7 Å². The zero-order valence-electron chi connectivity index (χ0n) is 26.1. The lowest BCUT2D eigenvalue weighted by atomic mass is 9.81. The largest absolute Gasteiger partial charge is 0.504 e. The van der Waals surface area contributed by atoms with Crippen molar-refractivity contribution < 1.29 is 30.6 Å². The fourth-order valence-electron chi connectivity index (χ4n) is 7.26. The van der Waals surface area contributed by atoms with Crippen LogP contribution in [0.15, 0.2) is 109 Å². The molecule has 0 heterocycles. The van der Waals surface area contributed by atoms with Gasteiger partial charge in [0.15, 0.2) is 23.0 Å². The maximum absolute atomic E-state index is 11.6. The van der Waals surface area contributed by atoms with Crippen LogP contribution in [0.3, 0.4) is 0 Å². The molecular formula is C42H30O6. The van der Waals surface area contributed by atoms with Crippen LogP contribution in [0.2, 0.25) is 0 Å². The molecule has 234 valence electrons. The van der Waals surface area contributed by atoms with Gasteiger partial charge in [-0.15, -0.1) is 0 Å². The summed E-state index contributed by atoms with van der Waals surface area (Å²) < 4.78 is 0. The van der Waals surface area contributed by atoms with Gasteiger partial charge in [-0.3, -0.25) is 0 Å². The molecular weight excluding hydrogens is 600 g/mol. The number of phenols is 6. The third-order valence-electron chi connectivity index (χ3n) is 9.62. The number of aryl methyl sites for hydroxylation is 2. The van der Waals surface area contributed by atoms with Gasteiger partial charge in [-0.1, -0.05) is 97.1 Å². The van der Waals surface area contributed by atoms with Crippen molar-refractivity contribution in [1.82, 2.24) is 0 Å². The second-order valence-corrected chi connectivity index (χ2v) is 12.3. The average Bonchev–Trinajstić information content (AvgIpc) is 3.13. The number of benzene rings is 8. The summed E-state index contributed by atoms with van der Waals surface area (Å²) in [5.41, 5.74) is 4.59. The fourth-order valence-corrected chi connectivity index (χ4v) is 7.26. The molecule has 8 aromatic carbocycles. The van der Waals surface area contributed by atoms with E-state index in [4.69, 9.17) is 0 Å². The number of phenolic OH excluding ortho intramolecular Hbond substituents is 6. The molecule has 0 spiro atoms. The van der Waals surface area contributed by atoms with Crippen molar-refractivity contribution in [2.45, 2.75) is 13.8 Å². The van der Waals surface area contributed by atoms with E-state index in [1.54, 1.807) is 13.8 Å². The van der Waals surface area contributed by atoms with Crippen LogP contribution in [-0.2, 0) is 0 Å². The summed E-state index contributed by atoms with van der Waals surface area (Å²) in [7, 11) is 0. The summed E-state index contributed by atoms with van der Waals surface area (Å²) >= 11 is 0. The SMILES string of the molecule is Cc1c(O)c(O)c(C)c2c(-c3cccc(-c4ccc5c(ccc6ccccc65)c4)c3)c3c(O)c(O)c(O)c(O)c3c(-c3ccccc3)c12. The van der Waals surface area contributed by atoms with Crippen molar-refractivity contribution in [3.63, 3.8) is 0 Å². The van der Waals surface area contributed by atoms with Crippen molar-refractivity contribution in [1.29, 1.82) is 0 Å². The molecule has 6 heteroatoms. The standard InChI is InChI=1S/C42H30O6/c1-21-31-32(22(2)38(44)37(21)43)34(36-35(33(31)24-10-4-3-5-11-24)39(45)41(47)42(48)40(36)46)28-13-8-12-25(20-28)26-17-18-30-27(19-26)16-15-23-9-6-7-14-29(23)30/h3-20,43-48H,1-2H3. The quantitative estimate of drug-likeness (QED) is 0.0500. The monoisotopic (exact) mass is 630 g/mol. The number of aromatic hydroxyl groups is 6. The third-order valence-corrected chi connectivity index (χ3v) is 9.62. The van der Waals surface area contributed by atoms with Crippen molar-refractivity contribution in [3.8, 4) is 67.9 Å². The van der Waals surface area contributed by atoms with E-state index in [0.717, 1.165) is 27.3 Å². The second kappa shape index (κ2) is 10.6. The summed E-state index contributed by atoms with van der Waals surface area (Å²) in [5, 5.41) is 72.8. The van der Waals surface area contributed by atoms with E-state index in [0.29, 0.717) is 44.2 Å². The Morgan fingerprint density at radius 2 is 0.833 bits per heavy atom. The lowest BCUT2D eigenvalue weighted by molar-refractivity contribution is 0.351. The van der Waals surface area contributed by atoms with E-state index in [2.05, 4.69) is 42.5 Å². The predicted octanol–water partition coefficient (Wildman–Crippen LogP) is 10.2. The minimum atomic E-state index is -0.866. The molecule has 0 aliphatic heterocycles. The predicted molar refractivity (Wildman–Crippen MR) is 192 cm³/mol. The normalized spacial score (nSPS) is 11.6. The van der Waals surface area contributed by atoms with Crippen LogP contribution in [0, 0.1) is 13.8 Å². The molecule has 0 radical (unpaired) electrons. The maximum Gasteiger partial charge on any atom is 0.204 e. The topological polar surface area (TPSA) is 121 Å². The van der Waals surface area contributed by atoms with Gasteiger partial charge in [0.05, 0.1) is 0 Å². The van der Waals surface area contributed by atoms with Crippen LogP contribution < -0.4 is 0 Å². The van der Waals surface area contributed by atoms with E-state index >= 15 is 0 Å². The van der Waals surface area contributed by atoms with E-state index in [-0.39, 0.29) is 22.3 Å². The molecule has 0 aromatic heterocycles. The highest BCUT2D eigenvalue weighted by molar-refractivity contribution is 6.27. The zero-order valence-corrected chi connectivity index (χ0v) is 26.1. The molecule has 0 fully saturated rings. The summed E-state index contributed by atoms with van der Waals surface area (Å²) in [6.07, 6.45) is 0. The Morgan fingerprint density at radius 3 is 1.50 bits per heavy atom. The highest BCUT2D eigenvalue weighted by Crippen LogP contribution is 2.59. The molecule has 0 bridgehead atoms. The van der Waals surface area contributed by atoms with Crippen molar-refractivity contribution >= 4 is 43.1 Å². The first kappa shape index (κ1) is 29.0. The minimum absolute atomic E-state index is 0.0869. The summed E-state index contributed by atoms with van der Waals surface area (Å²) in [4.78, 5) is 0. The van der Waals surface area contributed by atoms with Gasteiger partial charge < -0.3 is 30.6 Å². The Morgan fingerprint density at radius 1 is 0.333 bits per heavy atom. The summed E-state index contributed by atoms with van der Waals surface area (Å²) in [5.74, 6) is -3.60. The fraction of sp³-hybridized carbons (Fsp3) is 0.0476. The van der Waals surface area contributed by atoms with Crippen LogP contribution in [0.5, 0.6) is 34.5 Å². The van der Waals surface area contributed by atoms with Crippen molar-refractivity contribution in [3.05, 3.63) is 120 Å². The maximum atomic E-state index is 11.6. The lowest BCUT2D eigenvalue weighted by Crippen LogP contribution is -1.97. The van der Waals surface area contributed by atoms with Gasteiger partial charge >= 0.3 is 0 Å². The van der Waals surface area contributed by atoms with Gasteiger partial charge in [-0.2, -0.15) is 0 Å². The Bertz CT molecular complexity index is 2560. The molecule has 0 aliphatic carbocycles.